The maximum absolute atomic E-state index is 12.7. The van der Waals surface area contributed by atoms with Crippen LogP contribution in [0.15, 0.2) is 0 Å². The number of hydrogen-bond donors (Lipinski definition) is 1. The van der Waals surface area contributed by atoms with E-state index >= 15 is 0 Å². The molecule has 0 spiro atoms. The average molecular weight is 266 g/mol. The van der Waals surface area contributed by atoms with Crippen molar-refractivity contribution < 1.29 is 4.79 Å². The van der Waals surface area contributed by atoms with Crippen molar-refractivity contribution in [2.45, 2.75) is 84.5 Å². The second-order valence-corrected chi connectivity index (χ2v) is 6.86. The Morgan fingerprint density at radius 2 is 1.89 bits per heavy atom. The van der Waals surface area contributed by atoms with Crippen molar-refractivity contribution in [3.05, 3.63) is 0 Å². The summed E-state index contributed by atoms with van der Waals surface area (Å²) in [5.41, 5.74) is 0. The molecule has 0 bridgehead atoms. The zero-order chi connectivity index (χ0) is 14.0. The van der Waals surface area contributed by atoms with Crippen LogP contribution < -0.4 is 5.32 Å². The molecule has 1 N–H and O–H groups in total. The van der Waals surface area contributed by atoms with Crippen LogP contribution in [0, 0.1) is 11.8 Å². The highest BCUT2D eigenvalue weighted by Gasteiger charge is 2.44. The highest BCUT2D eigenvalue weighted by atomic mass is 16.2. The van der Waals surface area contributed by atoms with Crippen molar-refractivity contribution in [2.24, 2.45) is 11.8 Å². The lowest BCUT2D eigenvalue weighted by Gasteiger charge is -2.31. The van der Waals surface area contributed by atoms with E-state index in [0.29, 0.717) is 23.8 Å². The van der Waals surface area contributed by atoms with Crippen LogP contribution in [-0.4, -0.2) is 29.1 Å². The van der Waals surface area contributed by atoms with Gasteiger partial charge in [0.15, 0.2) is 0 Å². The van der Waals surface area contributed by atoms with Gasteiger partial charge in [-0.3, -0.25) is 10.1 Å². The van der Waals surface area contributed by atoms with Crippen LogP contribution in [0.2, 0.25) is 0 Å². The fourth-order valence-electron chi connectivity index (χ4n) is 3.56. The molecule has 3 atom stereocenters. The minimum absolute atomic E-state index is 0.0503. The molecule has 0 aromatic rings. The zero-order valence-electron chi connectivity index (χ0n) is 13.0. The molecule has 1 aliphatic heterocycles. The van der Waals surface area contributed by atoms with Crippen molar-refractivity contribution in [2.75, 3.05) is 0 Å². The lowest BCUT2D eigenvalue weighted by molar-refractivity contribution is -0.133. The molecule has 2 rings (SSSR count). The summed E-state index contributed by atoms with van der Waals surface area (Å²) >= 11 is 0. The number of carbonyl (C=O) groups excluding carboxylic acids is 1. The Bertz CT molecular complexity index is 310. The summed E-state index contributed by atoms with van der Waals surface area (Å²) in [5, 5.41) is 3.63. The third kappa shape index (κ3) is 3.13. The van der Waals surface area contributed by atoms with E-state index in [1.54, 1.807) is 0 Å². The highest BCUT2D eigenvalue weighted by molar-refractivity contribution is 5.85. The van der Waals surface area contributed by atoms with E-state index in [4.69, 9.17) is 0 Å². The number of nitrogens with zero attached hydrogens (tertiary/aromatic N) is 1. The fourth-order valence-corrected chi connectivity index (χ4v) is 3.56. The third-order valence-electron chi connectivity index (χ3n) is 4.85. The van der Waals surface area contributed by atoms with Crippen molar-refractivity contribution >= 4 is 5.91 Å². The van der Waals surface area contributed by atoms with E-state index < -0.39 is 0 Å². The normalized spacial score (nSPS) is 30.6. The van der Waals surface area contributed by atoms with Gasteiger partial charge in [0.25, 0.3) is 0 Å². The summed E-state index contributed by atoms with van der Waals surface area (Å²) in [4.78, 5) is 15.0. The van der Waals surface area contributed by atoms with Crippen LogP contribution in [-0.2, 0) is 4.79 Å². The first-order valence-corrected chi connectivity index (χ1v) is 8.12. The number of carbonyl (C=O) groups is 1. The van der Waals surface area contributed by atoms with Gasteiger partial charge in [-0.25, -0.2) is 0 Å². The van der Waals surface area contributed by atoms with Gasteiger partial charge in [0, 0.05) is 6.04 Å². The van der Waals surface area contributed by atoms with E-state index in [-0.39, 0.29) is 12.2 Å². The first kappa shape index (κ1) is 14.8. The largest absolute Gasteiger partial charge is 0.323 e. The van der Waals surface area contributed by atoms with Crippen LogP contribution in [0.3, 0.4) is 0 Å². The fraction of sp³-hybridized carbons (Fsp3) is 0.938. The molecular formula is C16H30N2O. The monoisotopic (exact) mass is 266 g/mol. The third-order valence-corrected chi connectivity index (χ3v) is 4.85. The Labute approximate surface area is 118 Å². The molecule has 1 saturated carbocycles. The Morgan fingerprint density at radius 3 is 2.42 bits per heavy atom. The van der Waals surface area contributed by atoms with Gasteiger partial charge >= 0.3 is 0 Å². The van der Waals surface area contributed by atoms with Gasteiger partial charge < -0.3 is 4.90 Å². The molecule has 0 aromatic heterocycles. The zero-order valence-corrected chi connectivity index (χ0v) is 13.0. The maximum atomic E-state index is 12.7. The van der Waals surface area contributed by atoms with Gasteiger partial charge in [0.2, 0.25) is 5.91 Å². The minimum atomic E-state index is 0.0503. The molecule has 3 heteroatoms. The number of nitrogens with one attached hydrogen (secondary N) is 1. The van der Waals surface area contributed by atoms with Gasteiger partial charge in [0.05, 0.1) is 12.2 Å². The standard InChI is InChI=1S/C16H30N2O/c1-5-12(4)15-16(19)18(13-8-6-7-9-13)14(17-15)10-11(2)3/h11-15,17H,5-10H2,1-4H3. The molecule has 0 aromatic carbocycles. The van der Waals surface area contributed by atoms with Crippen molar-refractivity contribution in [1.82, 2.24) is 10.2 Å². The maximum Gasteiger partial charge on any atom is 0.241 e. The molecule has 110 valence electrons. The Hall–Kier alpha value is -0.570. The van der Waals surface area contributed by atoms with Crippen molar-refractivity contribution in [3.8, 4) is 0 Å². The average Bonchev–Trinajstić information content (AvgIpc) is 2.96. The molecule has 2 aliphatic rings. The summed E-state index contributed by atoms with van der Waals surface area (Å²) in [6, 6.07) is 0.548. The Balaban J connectivity index is 2.12. The molecule has 0 radical (unpaired) electrons. The second kappa shape index (κ2) is 6.25. The van der Waals surface area contributed by atoms with Gasteiger partial charge in [-0.05, 0) is 31.1 Å². The van der Waals surface area contributed by atoms with Crippen LogP contribution >= 0.6 is 0 Å². The molecular weight excluding hydrogens is 236 g/mol. The Kier molecular flexibility index (Phi) is 4.88. The molecule has 1 saturated heterocycles. The number of rotatable bonds is 5. The molecule has 3 nitrogen and oxygen atoms in total. The molecule has 1 heterocycles. The van der Waals surface area contributed by atoms with Crippen LogP contribution in [0.5, 0.6) is 0 Å². The molecule has 2 fully saturated rings. The van der Waals surface area contributed by atoms with E-state index in [1.807, 2.05) is 0 Å². The predicted octanol–water partition coefficient (Wildman–Crippen LogP) is 3.15. The van der Waals surface area contributed by atoms with Gasteiger partial charge in [-0.15, -0.1) is 0 Å². The quantitative estimate of drug-likeness (QED) is 0.829. The lowest BCUT2D eigenvalue weighted by atomic mass is 9.99. The molecule has 3 unspecified atom stereocenters. The number of amides is 1. The summed E-state index contributed by atoms with van der Waals surface area (Å²) < 4.78 is 0. The first-order chi connectivity index (χ1) is 9.04. The van der Waals surface area contributed by atoms with E-state index in [0.717, 1.165) is 12.8 Å². The molecule has 19 heavy (non-hydrogen) atoms. The minimum Gasteiger partial charge on any atom is -0.323 e. The van der Waals surface area contributed by atoms with Crippen LogP contribution in [0.4, 0.5) is 0 Å². The summed E-state index contributed by atoms with van der Waals surface area (Å²) in [5.74, 6) is 1.44. The van der Waals surface area contributed by atoms with Gasteiger partial charge in [-0.1, -0.05) is 47.0 Å². The van der Waals surface area contributed by atoms with Crippen molar-refractivity contribution in [3.63, 3.8) is 0 Å². The predicted molar refractivity (Wildman–Crippen MR) is 78.7 cm³/mol. The highest BCUT2D eigenvalue weighted by Crippen LogP contribution is 2.31. The summed E-state index contributed by atoms with van der Waals surface area (Å²) in [6.45, 7) is 8.86. The van der Waals surface area contributed by atoms with E-state index in [1.165, 1.54) is 25.7 Å². The lowest BCUT2D eigenvalue weighted by Crippen LogP contribution is -2.44. The van der Waals surface area contributed by atoms with Crippen LogP contribution in [0.25, 0.3) is 0 Å². The van der Waals surface area contributed by atoms with Gasteiger partial charge in [-0.2, -0.15) is 0 Å². The Morgan fingerprint density at radius 1 is 1.26 bits per heavy atom. The first-order valence-electron chi connectivity index (χ1n) is 8.12. The SMILES string of the molecule is CCC(C)C1NC(CC(C)C)N(C2CCCC2)C1=O. The van der Waals surface area contributed by atoms with E-state index in [2.05, 4.69) is 37.9 Å². The summed E-state index contributed by atoms with van der Waals surface area (Å²) in [6.07, 6.45) is 7.40. The van der Waals surface area contributed by atoms with E-state index in [9.17, 15) is 4.79 Å². The second-order valence-electron chi connectivity index (χ2n) is 6.86. The van der Waals surface area contributed by atoms with Crippen molar-refractivity contribution in [1.29, 1.82) is 0 Å². The molecule has 1 amide bonds. The molecule has 1 aliphatic carbocycles. The topological polar surface area (TPSA) is 32.3 Å². The smallest absolute Gasteiger partial charge is 0.241 e. The number of hydrogen-bond acceptors (Lipinski definition) is 2. The van der Waals surface area contributed by atoms with Crippen LogP contribution in [0.1, 0.15) is 66.2 Å². The van der Waals surface area contributed by atoms with Gasteiger partial charge in [0.1, 0.15) is 0 Å². The summed E-state index contributed by atoms with van der Waals surface area (Å²) in [7, 11) is 0.